The third-order valence-corrected chi connectivity index (χ3v) is 4.63. The highest BCUT2D eigenvalue weighted by Gasteiger charge is 2.31. The van der Waals surface area contributed by atoms with Gasteiger partial charge in [-0.2, -0.15) is 0 Å². The summed E-state index contributed by atoms with van der Waals surface area (Å²) < 4.78 is 45.0. The van der Waals surface area contributed by atoms with Crippen LogP contribution in [0.2, 0.25) is 0 Å². The number of carbonyl (C=O) groups is 3. The summed E-state index contributed by atoms with van der Waals surface area (Å²) in [4.78, 5) is 36.2. The molecular formula is C18H13F3N2O5S. The Morgan fingerprint density at radius 3 is 2.55 bits per heavy atom. The summed E-state index contributed by atoms with van der Waals surface area (Å²) in [6.45, 7) is -0.599. The fourth-order valence-corrected chi connectivity index (χ4v) is 3.15. The van der Waals surface area contributed by atoms with E-state index < -0.39 is 30.6 Å². The second-order valence-electron chi connectivity index (χ2n) is 5.74. The zero-order valence-electron chi connectivity index (χ0n) is 14.5. The van der Waals surface area contributed by atoms with Crippen molar-refractivity contribution in [2.24, 2.45) is 0 Å². The van der Waals surface area contributed by atoms with Crippen LogP contribution in [0.3, 0.4) is 0 Å². The van der Waals surface area contributed by atoms with Crippen molar-refractivity contribution < 1.29 is 37.0 Å². The molecule has 0 aliphatic carbocycles. The molecule has 0 unspecified atom stereocenters. The molecule has 0 saturated carbocycles. The smallest absolute Gasteiger partial charge is 0.452 e. The Balaban J connectivity index is 1.52. The second kappa shape index (κ2) is 8.43. The minimum Gasteiger partial charge on any atom is -0.452 e. The number of alkyl halides is 3. The zero-order chi connectivity index (χ0) is 21.0. The zero-order valence-corrected chi connectivity index (χ0v) is 15.4. The summed E-state index contributed by atoms with van der Waals surface area (Å²) in [5, 5.41) is 5.03. The number of nitrogens with one attached hydrogen (secondary N) is 2. The van der Waals surface area contributed by atoms with Gasteiger partial charge in [-0.15, -0.1) is 24.9 Å². The molecule has 1 heterocycles. The van der Waals surface area contributed by atoms with E-state index in [1.807, 2.05) is 0 Å². The number of fused-ring (bicyclic) bond motifs is 1. The van der Waals surface area contributed by atoms with Gasteiger partial charge in [0, 0.05) is 10.6 Å². The van der Waals surface area contributed by atoms with E-state index in [1.54, 1.807) is 6.07 Å². The number of amides is 2. The fraction of sp³-hybridized carbons (Fsp3) is 0.167. The van der Waals surface area contributed by atoms with Gasteiger partial charge in [-0.05, 0) is 42.5 Å². The molecule has 3 rings (SSSR count). The van der Waals surface area contributed by atoms with Gasteiger partial charge in [-0.25, -0.2) is 4.79 Å². The summed E-state index contributed by atoms with van der Waals surface area (Å²) in [5.41, 5.74) is 0.855. The largest absolute Gasteiger partial charge is 0.573 e. The van der Waals surface area contributed by atoms with E-state index in [9.17, 15) is 27.6 Å². The number of halogens is 3. The van der Waals surface area contributed by atoms with Gasteiger partial charge in [0.2, 0.25) is 5.91 Å². The van der Waals surface area contributed by atoms with Crippen LogP contribution in [0.1, 0.15) is 10.4 Å². The van der Waals surface area contributed by atoms with Gasteiger partial charge in [0.05, 0.1) is 17.0 Å². The first-order chi connectivity index (χ1) is 13.7. The third kappa shape index (κ3) is 5.88. The summed E-state index contributed by atoms with van der Waals surface area (Å²) in [5.74, 6) is -1.76. The average molecular weight is 426 g/mol. The van der Waals surface area contributed by atoms with Crippen LogP contribution >= 0.6 is 11.8 Å². The van der Waals surface area contributed by atoms with Gasteiger partial charge in [-0.1, -0.05) is 0 Å². The van der Waals surface area contributed by atoms with Crippen molar-refractivity contribution in [1.82, 2.24) is 0 Å². The molecule has 0 radical (unpaired) electrons. The standard InChI is InChI=1S/C18H13F3N2O5S/c19-18(20,21)28-12-4-2-11(3-5-12)22-15(24)8-27-17(26)10-1-6-14-13(7-10)23-16(25)9-29-14/h1-7H,8-9H2,(H,22,24)(H,23,25). The monoisotopic (exact) mass is 426 g/mol. The maximum absolute atomic E-state index is 12.1. The molecule has 2 N–H and O–H groups in total. The third-order valence-electron chi connectivity index (χ3n) is 3.55. The fourth-order valence-electron chi connectivity index (χ4n) is 2.36. The maximum atomic E-state index is 12.1. The number of ether oxygens (including phenoxy) is 2. The number of rotatable bonds is 5. The summed E-state index contributed by atoms with van der Waals surface area (Å²) >= 11 is 1.34. The highest BCUT2D eigenvalue weighted by atomic mass is 32.2. The van der Waals surface area contributed by atoms with Crippen molar-refractivity contribution in [2.45, 2.75) is 11.3 Å². The average Bonchev–Trinajstić information content (AvgIpc) is 2.66. The topological polar surface area (TPSA) is 93.7 Å². The summed E-state index contributed by atoms with van der Waals surface area (Å²) in [6, 6.07) is 9.14. The van der Waals surface area contributed by atoms with E-state index in [1.165, 1.54) is 36.0 Å². The minimum absolute atomic E-state index is 0.160. The van der Waals surface area contributed by atoms with Gasteiger partial charge in [-0.3, -0.25) is 9.59 Å². The van der Waals surface area contributed by atoms with Gasteiger partial charge >= 0.3 is 12.3 Å². The SMILES string of the molecule is O=C(COC(=O)c1ccc2c(c1)NC(=O)CS2)Nc1ccc(OC(F)(F)F)cc1. The van der Waals surface area contributed by atoms with E-state index in [0.29, 0.717) is 11.4 Å². The van der Waals surface area contributed by atoms with E-state index in [4.69, 9.17) is 4.74 Å². The first-order valence-corrected chi connectivity index (χ1v) is 9.08. The molecule has 0 atom stereocenters. The molecule has 0 spiro atoms. The van der Waals surface area contributed by atoms with Crippen LogP contribution in [-0.4, -0.2) is 36.5 Å². The van der Waals surface area contributed by atoms with Crippen molar-refractivity contribution in [3.8, 4) is 5.75 Å². The first-order valence-electron chi connectivity index (χ1n) is 8.09. The van der Waals surface area contributed by atoms with E-state index in [0.717, 1.165) is 17.0 Å². The highest BCUT2D eigenvalue weighted by molar-refractivity contribution is 8.00. The Morgan fingerprint density at radius 2 is 1.86 bits per heavy atom. The molecule has 2 aromatic rings. The van der Waals surface area contributed by atoms with Crippen molar-refractivity contribution in [3.63, 3.8) is 0 Å². The van der Waals surface area contributed by atoms with E-state index >= 15 is 0 Å². The number of hydrogen-bond acceptors (Lipinski definition) is 6. The molecule has 7 nitrogen and oxygen atoms in total. The number of esters is 1. The normalized spacial score (nSPS) is 13.1. The molecule has 2 aromatic carbocycles. The predicted molar refractivity (Wildman–Crippen MR) is 97.8 cm³/mol. The molecule has 1 aliphatic heterocycles. The molecular weight excluding hydrogens is 413 g/mol. The quantitative estimate of drug-likeness (QED) is 0.712. The minimum atomic E-state index is -4.81. The predicted octanol–water partition coefficient (Wildman–Crippen LogP) is 3.42. The molecule has 1 aliphatic rings. The second-order valence-corrected chi connectivity index (χ2v) is 6.76. The molecule has 0 bridgehead atoms. The van der Waals surface area contributed by atoms with Gasteiger partial charge in [0.1, 0.15) is 5.75 Å². The molecule has 29 heavy (non-hydrogen) atoms. The lowest BCUT2D eigenvalue weighted by molar-refractivity contribution is -0.274. The Hall–Kier alpha value is -3.21. The molecule has 0 fully saturated rings. The molecule has 2 amide bonds. The van der Waals surface area contributed by atoms with Crippen LogP contribution < -0.4 is 15.4 Å². The molecule has 0 aromatic heterocycles. The first kappa shape index (κ1) is 20.5. The number of benzene rings is 2. The number of carbonyl (C=O) groups excluding carboxylic acids is 3. The Morgan fingerprint density at radius 1 is 1.14 bits per heavy atom. The Bertz CT molecular complexity index is 948. The van der Waals surface area contributed by atoms with E-state index in [2.05, 4.69) is 15.4 Å². The summed E-state index contributed by atoms with van der Waals surface area (Å²) in [7, 11) is 0. The number of anilines is 2. The number of thioether (sulfide) groups is 1. The lowest BCUT2D eigenvalue weighted by Crippen LogP contribution is -2.22. The number of hydrogen-bond donors (Lipinski definition) is 2. The van der Waals surface area contributed by atoms with Crippen LogP contribution in [0.15, 0.2) is 47.4 Å². The maximum Gasteiger partial charge on any atom is 0.573 e. The van der Waals surface area contributed by atoms with Gasteiger partial charge in [0.15, 0.2) is 6.61 Å². The Kier molecular flexibility index (Phi) is 5.97. The van der Waals surface area contributed by atoms with Crippen molar-refractivity contribution in [3.05, 3.63) is 48.0 Å². The lowest BCUT2D eigenvalue weighted by atomic mass is 10.2. The van der Waals surface area contributed by atoms with Crippen LogP contribution in [-0.2, 0) is 14.3 Å². The molecule has 152 valence electrons. The van der Waals surface area contributed by atoms with Crippen molar-refractivity contribution in [1.29, 1.82) is 0 Å². The Labute approximate surface area is 166 Å². The van der Waals surface area contributed by atoms with Crippen LogP contribution in [0.5, 0.6) is 5.75 Å². The van der Waals surface area contributed by atoms with Gasteiger partial charge in [0.25, 0.3) is 5.91 Å². The van der Waals surface area contributed by atoms with Crippen LogP contribution in [0, 0.1) is 0 Å². The lowest BCUT2D eigenvalue weighted by Gasteiger charge is -2.16. The van der Waals surface area contributed by atoms with Gasteiger partial charge < -0.3 is 20.1 Å². The van der Waals surface area contributed by atoms with E-state index in [-0.39, 0.29) is 17.2 Å². The molecule has 0 saturated heterocycles. The van der Waals surface area contributed by atoms with Crippen LogP contribution in [0.4, 0.5) is 24.5 Å². The van der Waals surface area contributed by atoms with Crippen LogP contribution in [0.25, 0.3) is 0 Å². The summed E-state index contributed by atoms with van der Waals surface area (Å²) in [6.07, 6.45) is -4.81. The highest BCUT2D eigenvalue weighted by Crippen LogP contribution is 2.32. The molecule has 11 heteroatoms. The van der Waals surface area contributed by atoms with Crippen molar-refractivity contribution >= 4 is 40.9 Å². The van der Waals surface area contributed by atoms with Crippen molar-refractivity contribution in [2.75, 3.05) is 23.0 Å².